The molecule has 1 amide bonds. The van der Waals surface area contributed by atoms with E-state index in [2.05, 4.69) is 17.1 Å². The highest BCUT2D eigenvalue weighted by molar-refractivity contribution is 6.61. The van der Waals surface area contributed by atoms with Gasteiger partial charge in [0.1, 0.15) is 11.2 Å². The zero-order valence-electron chi connectivity index (χ0n) is 18.4. The lowest BCUT2D eigenvalue weighted by Crippen LogP contribution is -2.46. The topological polar surface area (TPSA) is 78.7 Å². The number of carbonyl (C=O) groups is 1. The van der Waals surface area contributed by atoms with Crippen molar-refractivity contribution in [2.75, 3.05) is 13.1 Å². The van der Waals surface area contributed by atoms with Crippen molar-refractivity contribution in [2.24, 2.45) is 5.92 Å². The van der Waals surface area contributed by atoms with E-state index in [1.54, 1.807) is 15.9 Å². The number of piperidine rings is 1. The average molecular weight is 392 g/mol. The van der Waals surface area contributed by atoms with Crippen LogP contribution in [0.3, 0.4) is 0 Å². The van der Waals surface area contributed by atoms with Crippen molar-refractivity contribution in [2.45, 2.75) is 84.7 Å². The van der Waals surface area contributed by atoms with Crippen LogP contribution < -0.4 is 5.59 Å². The van der Waals surface area contributed by atoms with Gasteiger partial charge >= 0.3 is 13.2 Å². The first-order chi connectivity index (χ1) is 12.8. The monoisotopic (exact) mass is 392 g/mol. The Labute approximate surface area is 168 Å². The third kappa shape index (κ3) is 4.20. The summed E-state index contributed by atoms with van der Waals surface area (Å²) in [4.78, 5) is 15.9. The zero-order valence-corrected chi connectivity index (χ0v) is 18.4. The van der Waals surface area contributed by atoms with Gasteiger partial charge in [-0.2, -0.15) is 15.0 Å². The van der Waals surface area contributed by atoms with E-state index >= 15 is 0 Å². The fourth-order valence-corrected chi connectivity index (χ4v) is 3.49. The number of hydrogen-bond donors (Lipinski definition) is 0. The summed E-state index contributed by atoms with van der Waals surface area (Å²) in [5.74, 6) is 0.208. The third-order valence-electron chi connectivity index (χ3n) is 5.83. The van der Waals surface area contributed by atoms with E-state index in [9.17, 15) is 4.79 Å². The Morgan fingerprint density at radius 2 is 1.86 bits per heavy atom. The Morgan fingerprint density at radius 1 is 1.25 bits per heavy atom. The summed E-state index contributed by atoms with van der Waals surface area (Å²) in [6, 6.07) is 0.120. The molecule has 1 aromatic heterocycles. The number of rotatable bonds is 2. The number of aromatic nitrogens is 3. The first-order valence-electron chi connectivity index (χ1n) is 10.0. The quantitative estimate of drug-likeness (QED) is 0.720. The van der Waals surface area contributed by atoms with Crippen molar-refractivity contribution in [1.82, 2.24) is 19.9 Å². The minimum atomic E-state index is -0.518. The second-order valence-corrected chi connectivity index (χ2v) is 9.94. The molecule has 0 bridgehead atoms. The largest absolute Gasteiger partial charge is 0.518 e. The van der Waals surface area contributed by atoms with Crippen molar-refractivity contribution in [3.05, 3.63) is 6.20 Å². The highest BCUT2D eigenvalue weighted by atomic mass is 16.7. The van der Waals surface area contributed by atoms with Gasteiger partial charge in [-0.15, -0.1) is 0 Å². The fourth-order valence-electron chi connectivity index (χ4n) is 3.49. The molecule has 0 aliphatic carbocycles. The van der Waals surface area contributed by atoms with Crippen LogP contribution in [0.15, 0.2) is 6.20 Å². The Kier molecular flexibility index (Phi) is 5.29. The third-order valence-corrected chi connectivity index (χ3v) is 5.83. The lowest BCUT2D eigenvalue weighted by Gasteiger charge is -2.36. The molecule has 2 fully saturated rings. The van der Waals surface area contributed by atoms with E-state index < -0.39 is 23.9 Å². The minimum absolute atomic E-state index is 0.120. The first-order valence-corrected chi connectivity index (χ1v) is 10.0. The van der Waals surface area contributed by atoms with Gasteiger partial charge in [0, 0.05) is 13.1 Å². The molecule has 2 saturated heterocycles. The molecule has 3 heterocycles. The molecule has 0 aromatic carbocycles. The molecule has 2 atom stereocenters. The van der Waals surface area contributed by atoms with Gasteiger partial charge in [-0.1, -0.05) is 6.92 Å². The number of likely N-dealkylation sites (tertiary alicyclic amines) is 1. The summed E-state index contributed by atoms with van der Waals surface area (Å²) in [6.45, 7) is 17.1. The van der Waals surface area contributed by atoms with Gasteiger partial charge < -0.3 is 18.9 Å². The van der Waals surface area contributed by atoms with Gasteiger partial charge in [-0.05, 0) is 60.8 Å². The summed E-state index contributed by atoms with van der Waals surface area (Å²) in [5, 5.41) is 9.12. The van der Waals surface area contributed by atoms with Gasteiger partial charge in [-0.25, -0.2) is 4.79 Å². The van der Waals surface area contributed by atoms with Crippen molar-refractivity contribution in [3.8, 4) is 0 Å². The maximum absolute atomic E-state index is 12.3. The number of ether oxygens (including phenoxy) is 1. The molecule has 8 nitrogen and oxygen atoms in total. The molecule has 9 heteroatoms. The Morgan fingerprint density at radius 3 is 2.39 bits per heavy atom. The molecule has 1 aromatic rings. The fraction of sp³-hybridized carbons (Fsp3) is 0.842. The molecular weight excluding hydrogens is 359 g/mol. The highest BCUT2D eigenvalue weighted by Crippen LogP contribution is 2.36. The van der Waals surface area contributed by atoms with E-state index in [1.807, 2.05) is 48.5 Å². The molecule has 28 heavy (non-hydrogen) atoms. The normalized spacial score (nSPS) is 27.1. The average Bonchev–Trinajstić information content (AvgIpc) is 3.08. The van der Waals surface area contributed by atoms with E-state index in [4.69, 9.17) is 14.0 Å². The maximum atomic E-state index is 12.3. The second-order valence-electron chi connectivity index (χ2n) is 9.94. The lowest BCUT2D eigenvalue weighted by atomic mass is 9.86. The summed E-state index contributed by atoms with van der Waals surface area (Å²) in [6.07, 6.45) is 2.23. The molecule has 0 saturated carbocycles. The van der Waals surface area contributed by atoms with Gasteiger partial charge in [0.2, 0.25) is 0 Å². The molecule has 2 aliphatic heterocycles. The van der Waals surface area contributed by atoms with Crippen LogP contribution in [-0.2, 0) is 14.0 Å². The Hall–Kier alpha value is -1.61. The minimum Gasteiger partial charge on any atom is -0.444 e. The van der Waals surface area contributed by atoms with Gasteiger partial charge in [0.15, 0.2) is 0 Å². The van der Waals surface area contributed by atoms with Crippen molar-refractivity contribution < 1.29 is 18.8 Å². The predicted molar refractivity (Wildman–Crippen MR) is 106 cm³/mol. The number of carbonyl (C=O) groups excluding carboxylic acids is 1. The highest BCUT2D eigenvalue weighted by Gasteiger charge is 2.53. The Bertz CT molecular complexity index is 712. The SMILES string of the molecule is CC1CN(C(=O)OC(C)(C)C)CCC1n1ncc(B2OC(C)(C)C(C)(C)O2)n1. The van der Waals surface area contributed by atoms with E-state index in [0.717, 1.165) is 6.42 Å². The maximum Gasteiger partial charge on any atom is 0.518 e. The van der Waals surface area contributed by atoms with Crippen LogP contribution in [0.1, 0.15) is 67.9 Å². The van der Waals surface area contributed by atoms with E-state index in [1.165, 1.54) is 0 Å². The van der Waals surface area contributed by atoms with Gasteiger partial charge in [0.05, 0.1) is 23.4 Å². The number of hydrogen-bond acceptors (Lipinski definition) is 6. The van der Waals surface area contributed by atoms with Crippen LogP contribution in [0.25, 0.3) is 0 Å². The molecular formula is C19H33BN4O4. The van der Waals surface area contributed by atoms with Gasteiger partial charge in [0.25, 0.3) is 0 Å². The first kappa shape index (κ1) is 21.1. The van der Waals surface area contributed by atoms with E-state index in [-0.39, 0.29) is 18.1 Å². The zero-order chi connectivity index (χ0) is 20.9. The summed E-state index contributed by atoms with van der Waals surface area (Å²) in [5.41, 5.74) is -0.625. The van der Waals surface area contributed by atoms with Gasteiger partial charge in [-0.3, -0.25) is 0 Å². The molecule has 0 N–H and O–H groups in total. The Balaban J connectivity index is 1.64. The van der Waals surface area contributed by atoms with Crippen LogP contribution in [0.4, 0.5) is 4.79 Å². The number of nitrogens with zero attached hydrogens (tertiary/aromatic N) is 4. The lowest BCUT2D eigenvalue weighted by molar-refractivity contribution is 0.00578. The molecule has 0 spiro atoms. The van der Waals surface area contributed by atoms with Crippen molar-refractivity contribution >= 4 is 18.8 Å². The van der Waals surface area contributed by atoms with Crippen molar-refractivity contribution in [1.29, 1.82) is 0 Å². The van der Waals surface area contributed by atoms with Crippen LogP contribution in [0.5, 0.6) is 0 Å². The summed E-state index contributed by atoms with van der Waals surface area (Å²) in [7, 11) is -0.518. The van der Waals surface area contributed by atoms with Crippen LogP contribution in [-0.4, -0.2) is 63.0 Å². The van der Waals surface area contributed by atoms with Crippen LogP contribution >= 0.6 is 0 Å². The molecule has 2 aliphatic rings. The van der Waals surface area contributed by atoms with Crippen LogP contribution in [0.2, 0.25) is 0 Å². The molecule has 0 radical (unpaired) electrons. The smallest absolute Gasteiger partial charge is 0.444 e. The molecule has 2 unspecified atom stereocenters. The summed E-state index contributed by atoms with van der Waals surface area (Å²) >= 11 is 0. The molecule has 3 rings (SSSR count). The predicted octanol–water partition coefficient (Wildman–Crippen LogP) is 2.40. The summed E-state index contributed by atoms with van der Waals surface area (Å²) < 4.78 is 17.6. The van der Waals surface area contributed by atoms with E-state index in [0.29, 0.717) is 18.7 Å². The molecule has 156 valence electrons. The van der Waals surface area contributed by atoms with Crippen molar-refractivity contribution in [3.63, 3.8) is 0 Å². The standard InChI is InChI=1S/C19H33BN4O4/c1-13-12-23(16(25)26-17(2,3)4)10-9-14(13)24-21-11-15(22-24)20-27-18(5,6)19(7,8)28-20/h11,13-14H,9-10,12H2,1-8H3. The number of amides is 1. The second kappa shape index (κ2) is 7.02. The van der Waals surface area contributed by atoms with Crippen LogP contribution in [0, 0.1) is 5.92 Å².